The highest BCUT2D eigenvalue weighted by Gasteiger charge is 2.15. The molecule has 0 fully saturated rings. The molecule has 0 aliphatic rings. The molecule has 0 aliphatic carbocycles. The summed E-state index contributed by atoms with van der Waals surface area (Å²) in [5, 5.41) is 5.50. The van der Waals surface area contributed by atoms with E-state index in [1.54, 1.807) is 50.6 Å². The van der Waals surface area contributed by atoms with Crippen molar-refractivity contribution >= 4 is 35.0 Å². The predicted octanol–water partition coefficient (Wildman–Crippen LogP) is 4.15. The standard InChI is InChI=1S/C20H23FN4O3/c1-4-23-18-12-16(28-10-9-27-3)11-17(21)19(18)13(2)24-14-5-7-15(8-6-14)25-20(22)26/h4-8,11-12,24H,2,9-10H2,1,3H3,(H3,22,25,26). The minimum Gasteiger partial charge on any atom is -0.491 e. The Labute approximate surface area is 163 Å². The summed E-state index contributed by atoms with van der Waals surface area (Å²) in [7, 11) is 1.56. The average molecular weight is 386 g/mol. The van der Waals surface area contributed by atoms with E-state index in [9.17, 15) is 9.18 Å². The van der Waals surface area contributed by atoms with E-state index in [1.165, 1.54) is 6.07 Å². The summed E-state index contributed by atoms with van der Waals surface area (Å²) < 4.78 is 25.2. The fourth-order valence-electron chi connectivity index (χ4n) is 2.45. The molecule has 0 saturated carbocycles. The van der Waals surface area contributed by atoms with Crippen LogP contribution in [0.1, 0.15) is 12.5 Å². The summed E-state index contributed by atoms with van der Waals surface area (Å²) in [6.45, 7) is 6.36. The number of nitrogens with two attached hydrogens (primary N) is 1. The zero-order valence-electron chi connectivity index (χ0n) is 15.8. The van der Waals surface area contributed by atoms with Crippen molar-refractivity contribution in [3.63, 3.8) is 0 Å². The maximum atomic E-state index is 14.8. The van der Waals surface area contributed by atoms with E-state index in [4.69, 9.17) is 15.2 Å². The molecule has 0 spiro atoms. The van der Waals surface area contributed by atoms with Gasteiger partial charge in [-0.25, -0.2) is 9.18 Å². The second kappa shape index (κ2) is 10.1. The van der Waals surface area contributed by atoms with Crippen molar-refractivity contribution < 1.29 is 18.7 Å². The number of nitrogens with zero attached hydrogens (tertiary/aromatic N) is 1. The van der Waals surface area contributed by atoms with Crippen LogP contribution in [0.4, 0.5) is 26.2 Å². The second-order valence-corrected chi connectivity index (χ2v) is 5.70. The molecule has 2 amide bonds. The third-order valence-corrected chi connectivity index (χ3v) is 3.62. The number of hydrogen-bond donors (Lipinski definition) is 3. The highest BCUT2D eigenvalue weighted by Crippen LogP contribution is 2.33. The molecule has 28 heavy (non-hydrogen) atoms. The van der Waals surface area contributed by atoms with Gasteiger partial charge in [0.15, 0.2) is 0 Å². The number of hydrogen-bond acceptors (Lipinski definition) is 5. The molecule has 7 nitrogen and oxygen atoms in total. The highest BCUT2D eigenvalue weighted by molar-refractivity contribution is 5.88. The Morgan fingerprint density at radius 2 is 1.86 bits per heavy atom. The van der Waals surface area contributed by atoms with Crippen molar-refractivity contribution in [1.82, 2.24) is 0 Å². The van der Waals surface area contributed by atoms with Crippen LogP contribution in [0.15, 0.2) is 48.0 Å². The van der Waals surface area contributed by atoms with Gasteiger partial charge in [-0.05, 0) is 31.2 Å². The number of ether oxygens (including phenoxy) is 2. The molecule has 0 saturated heterocycles. The monoisotopic (exact) mass is 386 g/mol. The van der Waals surface area contributed by atoms with E-state index in [2.05, 4.69) is 22.2 Å². The van der Waals surface area contributed by atoms with Crippen molar-refractivity contribution in [3.05, 3.63) is 54.4 Å². The van der Waals surface area contributed by atoms with E-state index in [1.807, 2.05) is 0 Å². The Bertz CT molecular complexity index is 866. The minimum atomic E-state index is -0.651. The van der Waals surface area contributed by atoms with E-state index in [0.29, 0.717) is 41.7 Å². The molecule has 2 aromatic rings. The molecule has 148 valence electrons. The maximum absolute atomic E-state index is 14.8. The molecule has 2 rings (SSSR count). The van der Waals surface area contributed by atoms with Gasteiger partial charge in [-0.15, -0.1) is 0 Å². The first kappa shape index (κ1) is 20.9. The third kappa shape index (κ3) is 5.82. The van der Waals surface area contributed by atoms with E-state index in [-0.39, 0.29) is 5.56 Å². The Morgan fingerprint density at radius 1 is 1.21 bits per heavy atom. The largest absolute Gasteiger partial charge is 0.491 e. The number of methoxy groups -OCH3 is 1. The Kier molecular flexibility index (Phi) is 7.53. The van der Waals surface area contributed by atoms with Crippen LogP contribution in [0, 0.1) is 5.82 Å². The lowest BCUT2D eigenvalue weighted by Crippen LogP contribution is -2.19. The van der Waals surface area contributed by atoms with Crippen molar-refractivity contribution in [2.45, 2.75) is 6.92 Å². The summed E-state index contributed by atoms with van der Waals surface area (Å²) >= 11 is 0. The number of aliphatic imine (C=N–C) groups is 1. The number of anilines is 2. The van der Waals surface area contributed by atoms with Gasteiger partial charge in [0.25, 0.3) is 0 Å². The van der Waals surface area contributed by atoms with Crippen LogP contribution in [0.3, 0.4) is 0 Å². The quantitative estimate of drug-likeness (QED) is 0.445. The van der Waals surface area contributed by atoms with E-state index >= 15 is 0 Å². The number of benzene rings is 2. The lowest BCUT2D eigenvalue weighted by Gasteiger charge is -2.15. The number of carbonyl (C=O) groups is 1. The van der Waals surface area contributed by atoms with Gasteiger partial charge in [-0.3, -0.25) is 4.99 Å². The van der Waals surface area contributed by atoms with Crippen molar-refractivity contribution in [2.75, 3.05) is 31.0 Å². The molecule has 0 radical (unpaired) electrons. The molecular weight excluding hydrogens is 363 g/mol. The van der Waals surface area contributed by atoms with Crippen molar-refractivity contribution in [3.8, 4) is 5.75 Å². The predicted molar refractivity (Wildman–Crippen MR) is 110 cm³/mol. The molecule has 8 heteroatoms. The first-order chi connectivity index (χ1) is 13.4. The summed E-state index contributed by atoms with van der Waals surface area (Å²) in [5.41, 5.74) is 7.24. The number of urea groups is 1. The van der Waals surface area contributed by atoms with Crippen LogP contribution in [0.2, 0.25) is 0 Å². The molecule has 4 N–H and O–H groups in total. The fourth-order valence-corrected chi connectivity index (χ4v) is 2.45. The fraction of sp³-hybridized carbons (Fsp3) is 0.200. The lowest BCUT2D eigenvalue weighted by molar-refractivity contribution is 0.146. The van der Waals surface area contributed by atoms with Crippen LogP contribution in [0.5, 0.6) is 5.75 Å². The maximum Gasteiger partial charge on any atom is 0.316 e. The normalized spacial score (nSPS) is 10.7. The second-order valence-electron chi connectivity index (χ2n) is 5.70. The molecule has 0 aromatic heterocycles. The Morgan fingerprint density at radius 3 is 2.43 bits per heavy atom. The van der Waals surface area contributed by atoms with Gasteiger partial charge in [0.1, 0.15) is 18.2 Å². The number of halogens is 1. The van der Waals surface area contributed by atoms with Crippen LogP contribution < -0.4 is 21.1 Å². The highest BCUT2D eigenvalue weighted by atomic mass is 19.1. The Balaban J connectivity index is 2.22. The Hall–Kier alpha value is -3.39. The number of amides is 2. The van der Waals surface area contributed by atoms with Crippen LogP contribution in [-0.4, -0.2) is 32.6 Å². The average Bonchev–Trinajstić information content (AvgIpc) is 2.63. The number of rotatable bonds is 9. The molecule has 0 unspecified atom stereocenters. The zero-order chi connectivity index (χ0) is 20.5. The number of carbonyl (C=O) groups excluding carboxylic acids is 1. The first-order valence-electron chi connectivity index (χ1n) is 8.51. The molecule has 2 aromatic carbocycles. The smallest absolute Gasteiger partial charge is 0.316 e. The minimum absolute atomic E-state index is 0.233. The van der Waals surface area contributed by atoms with Gasteiger partial charge in [-0.2, -0.15) is 0 Å². The van der Waals surface area contributed by atoms with Crippen LogP contribution in [-0.2, 0) is 4.74 Å². The molecule has 0 aliphatic heterocycles. The van der Waals surface area contributed by atoms with E-state index < -0.39 is 11.8 Å². The molecular formula is C20H23FN4O3. The van der Waals surface area contributed by atoms with Gasteiger partial charge in [0.2, 0.25) is 0 Å². The molecule has 0 bridgehead atoms. The van der Waals surface area contributed by atoms with Gasteiger partial charge in [0.05, 0.1) is 17.9 Å². The zero-order valence-corrected chi connectivity index (χ0v) is 15.8. The van der Waals surface area contributed by atoms with Crippen LogP contribution in [0.25, 0.3) is 5.70 Å². The van der Waals surface area contributed by atoms with Crippen molar-refractivity contribution in [1.29, 1.82) is 0 Å². The lowest BCUT2D eigenvalue weighted by atomic mass is 10.1. The number of primary amides is 1. The first-order valence-corrected chi connectivity index (χ1v) is 8.51. The van der Waals surface area contributed by atoms with Gasteiger partial charge in [-0.1, -0.05) is 6.58 Å². The van der Waals surface area contributed by atoms with Crippen molar-refractivity contribution in [2.24, 2.45) is 10.7 Å². The van der Waals surface area contributed by atoms with Gasteiger partial charge < -0.3 is 25.8 Å². The summed E-state index contributed by atoms with van der Waals surface area (Å²) in [4.78, 5) is 15.1. The third-order valence-electron chi connectivity index (χ3n) is 3.62. The number of nitrogens with one attached hydrogen (secondary N) is 2. The van der Waals surface area contributed by atoms with Gasteiger partial charge in [0, 0.05) is 42.5 Å². The summed E-state index contributed by atoms with van der Waals surface area (Å²) in [6.07, 6.45) is 1.56. The van der Waals surface area contributed by atoms with Crippen LogP contribution >= 0.6 is 0 Å². The van der Waals surface area contributed by atoms with E-state index in [0.717, 1.165) is 0 Å². The van der Waals surface area contributed by atoms with Gasteiger partial charge >= 0.3 is 6.03 Å². The molecule has 0 heterocycles. The topological polar surface area (TPSA) is 98.0 Å². The SMILES string of the molecule is C=C(Nc1ccc(NC(N)=O)cc1)c1c(F)cc(OCCOC)cc1N=CC. The summed E-state index contributed by atoms with van der Waals surface area (Å²) in [5.74, 6) is -0.159. The summed E-state index contributed by atoms with van der Waals surface area (Å²) in [6, 6.07) is 9.01. The molecule has 0 atom stereocenters.